The van der Waals surface area contributed by atoms with Gasteiger partial charge in [0.2, 0.25) is 0 Å². The molecule has 6 heteroatoms. The van der Waals surface area contributed by atoms with Crippen LogP contribution in [0, 0.1) is 0 Å². The topological polar surface area (TPSA) is 48.1 Å². The third-order valence-electron chi connectivity index (χ3n) is 2.18. The van der Waals surface area contributed by atoms with Gasteiger partial charge in [-0.05, 0) is 18.2 Å². The van der Waals surface area contributed by atoms with E-state index in [2.05, 4.69) is 4.98 Å². The van der Waals surface area contributed by atoms with Gasteiger partial charge in [-0.3, -0.25) is 0 Å². The fraction of sp³-hybridized carbons (Fsp3) is 0.0833. The van der Waals surface area contributed by atoms with Crippen LogP contribution in [0.4, 0.5) is 5.82 Å². The summed E-state index contributed by atoms with van der Waals surface area (Å²) in [5, 5.41) is 1.17. The first-order chi connectivity index (χ1) is 8.56. The van der Waals surface area contributed by atoms with E-state index in [1.54, 1.807) is 18.2 Å². The molecule has 0 aliphatic carbocycles. The molecular formula is C12H9Cl3N2O. The quantitative estimate of drug-likeness (QED) is 0.864. The fourth-order valence-electron chi connectivity index (χ4n) is 1.35. The summed E-state index contributed by atoms with van der Waals surface area (Å²) in [5.74, 6) is 0.895. The van der Waals surface area contributed by atoms with Gasteiger partial charge in [-0.15, -0.1) is 0 Å². The standard InChI is InChI=1S/C12H9Cl3N2O/c13-8-4-10(15)11(5-9(8)14)18-6-7-2-1-3-12(16)17-7/h1-5H,6H2,(H2,16,17). The number of rotatable bonds is 3. The molecular weight excluding hydrogens is 295 g/mol. The Hall–Kier alpha value is -1.16. The van der Waals surface area contributed by atoms with Gasteiger partial charge in [0.1, 0.15) is 18.2 Å². The maximum absolute atomic E-state index is 5.99. The van der Waals surface area contributed by atoms with E-state index in [1.165, 1.54) is 6.07 Å². The summed E-state index contributed by atoms with van der Waals surface area (Å²) < 4.78 is 5.52. The van der Waals surface area contributed by atoms with Crippen molar-refractivity contribution in [2.45, 2.75) is 6.61 Å². The largest absolute Gasteiger partial charge is 0.486 e. The molecule has 0 saturated carbocycles. The molecule has 1 heterocycles. The molecule has 18 heavy (non-hydrogen) atoms. The van der Waals surface area contributed by atoms with Gasteiger partial charge in [-0.2, -0.15) is 0 Å². The SMILES string of the molecule is Nc1cccc(COc2cc(Cl)c(Cl)cc2Cl)n1. The van der Waals surface area contributed by atoms with Gasteiger partial charge in [-0.1, -0.05) is 40.9 Å². The fourth-order valence-corrected chi connectivity index (χ4v) is 1.94. The van der Waals surface area contributed by atoms with Gasteiger partial charge in [-0.25, -0.2) is 4.98 Å². The van der Waals surface area contributed by atoms with E-state index < -0.39 is 0 Å². The lowest BCUT2D eigenvalue weighted by molar-refractivity contribution is 0.302. The van der Waals surface area contributed by atoms with Crippen LogP contribution in [0.2, 0.25) is 15.1 Å². The van der Waals surface area contributed by atoms with Crippen LogP contribution in [0.25, 0.3) is 0 Å². The van der Waals surface area contributed by atoms with Crippen LogP contribution >= 0.6 is 34.8 Å². The van der Waals surface area contributed by atoms with Crippen LogP contribution in [-0.4, -0.2) is 4.98 Å². The van der Waals surface area contributed by atoms with Gasteiger partial charge < -0.3 is 10.5 Å². The van der Waals surface area contributed by atoms with Crippen molar-refractivity contribution in [2.24, 2.45) is 0 Å². The molecule has 0 unspecified atom stereocenters. The van der Waals surface area contributed by atoms with Crippen molar-refractivity contribution in [2.75, 3.05) is 5.73 Å². The first-order valence-electron chi connectivity index (χ1n) is 5.05. The normalized spacial score (nSPS) is 10.4. The Kier molecular flexibility index (Phi) is 4.17. The van der Waals surface area contributed by atoms with Crippen molar-refractivity contribution < 1.29 is 4.74 Å². The van der Waals surface area contributed by atoms with Crippen LogP contribution in [-0.2, 0) is 6.61 Å². The number of nitrogen functional groups attached to an aromatic ring is 1. The number of anilines is 1. The summed E-state index contributed by atoms with van der Waals surface area (Å²) in [6, 6.07) is 8.42. The highest BCUT2D eigenvalue weighted by Gasteiger charge is 2.07. The third kappa shape index (κ3) is 3.19. The molecule has 0 atom stereocenters. The van der Waals surface area contributed by atoms with Gasteiger partial charge >= 0.3 is 0 Å². The number of ether oxygens (including phenoxy) is 1. The van der Waals surface area contributed by atoms with Crippen molar-refractivity contribution in [3.8, 4) is 5.75 Å². The molecule has 0 aliphatic heterocycles. The number of pyridine rings is 1. The summed E-state index contributed by atoms with van der Waals surface area (Å²) in [7, 11) is 0. The molecule has 1 aromatic heterocycles. The number of hydrogen-bond donors (Lipinski definition) is 1. The molecule has 0 saturated heterocycles. The first-order valence-corrected chi connectivity index (χ1v) is 6.18. The van der Waals surface area contributed by atoms with Gasteiger partial charge in [0.05, 0.1) is 20.8 Å². The zero-order valence-corrected chi connectivity index (χ0v) is 11.4. The van der Waals surface area contributed by atoms with Crippen molar-refractivity contribution in [1.29, 1.82) is 0 Å². The van der Waals surface area contributed by atoms with E-state index in [1.807, 2.05) is 6.07 Å². The lowest BCUT2D eigenvalue weighted by Crippen LogP contribution is -2.00. The highest BCUT2D eigenvalue weighted by atomic mass is 35.5. The maximum Gasteiger partial charge on any atom is 0.140 e. The second-order valence-electron chi connectivity index (χ2n) is 3.54. The van der Waals surface area contributed by atoms with Gasteiger partial charge in [0.15, 0.2) is 0 Å². The second kappa shape index (κ2) is 5.65. The average molecular weight is 304 g/mol. The highest BCUT2D eigenvalue weighted by molar-refractivity contribution is 6.43. The lowest BCUT2D eigenvalue weighted by Gasteiger charge is -2.09. The summed E-state index contributed by atoms with van der Waals surface area (Å²) in [5.41, 5.74) is 6.28. The summed E-state index contributed by atoms with van der Waals surface area (Å²) in [6.07, 6.45) is 0. The van der Waals surface area contributed by atoms with E-state index in [9.17, 15) is 0 Å². The molecule has 0 fully saturated rings. The minimum Gasteiger partial charge on any atom is -0.486 e. The van der Waals surface area contributed by atoms with Gasteiger partial charge in [0.25, 0.3) is 0 Å². The molecule has 0 amide bonds. The van der Waals surface area contributed by atoms with Crippen LogP contribution in [0.3, 0.4) is 0 Å². The molecule has 0 bridgehead atoms. The van der Waals surface area contributed by atoms with Crippen LogP contribution in [0.15, 0.2) is 30.3 Å². The lowest BCUT2D eigenvalue weighted by atomic mass is 10.3. The minimum absolute atomic E-state index is 0.253. The number of benzene rings is 1. The van der Waals surface area contributed by atoms with E-state index >= 15 is 0 Å². The highest BCUT2D eigenvalue weighted by Crippen LogP contribution is 2.34. The number of hydrogen-bond acceptors (Lipinski definition) is 3. The van der Waals surface area contributed by atoms with E-state index in [0.717, 1.165) is 0 Å². The number of nitrogens with two attached hydrogens (primary N) is 1. The molecule has 94 valence electrons. The first kappa shape index (κ1) is 13.3. The third-order valence-corrected chi connectivity index (χ3v) is 3.20. The molecule has 2 rings (SSSR count). The monoisotopic (exact) mass is 302 g/mol. The molecule has 2 N–H and O–H groups in total. The Balaban J connectivity index is 2.13. The van der Waals surface area contributed by atoms with Crippen molar-refractivity contribution in [3.63, 3.8) is 0 Å². The van der Waals surface area contributed by atoms with Crippen LogP contribution in [0.5, 0.6) is 5.75 Å². The predicted molar refractivity (Wildman–Crippen MR) is 74.5 cm³/mol. The molecule has 0 aliphatic rings. The predicted octanol–water partition coefficient (Wildman–Crippen LogP) is 4.20. The molecule has 2 aromatic rings. The summed E-state index contributed by atoms with van der Waals surface area (Å²) in [4.78, 5) is 4.11. The molecule has 1 aromatic carbocycles. The number of halogens is 3. The van der Waals surface area contributed by atoms with E-state index in [-0.39, 0.29) is 6.61 Å². The minimum atomic E-state index is 0.253. The van der Waals surface area contributed by atoms with Crippen molar-refractivity contribution >= 4 is 40.6 Å². The Bertz CT molecular complexity index is 575. The Labute approximate surface area is 119 Å². The Morgan fingerprint density at radius 3 is 2.50 bits per heavy atom. The van der Waals surface area contributed by atoms with E-state index in [4.69, 9.17) is 45.3 Å². The molecule has 0 spiro atoms. The second-order valence-corrected chi connectivity index (χ2v) is 4.76. The zero-order valence-electron chi connectivity index (χ0n) is 9.16. The Morgan fingerprint density at radius 2 is 1.78 bits per heavy atom. The van der Waals surface area contributed by atoms with Crippen molar-refractivity contribution in [1.82, 2.24) is 4.98 Å². The van der Waals surface area contributed by atoms with Gasteiger partial charge in [0, 0.05) is 6.07 Å². The maximum atomic E-state index is 5.99. The Morgan fingerprint density at radius 1 is 1.06 bits per heavy atom. The smallest absolute Gasteiger partial charge is 0.140 e. The van der Waals surface area contributed by atoms with Crippen LogP contribution in [0.1, 0.15) is 5.69 Å². The average Bonchev–Trinajstić information content (AvgIpc) is 2.32. The summed E-state index contributed by atoms with van der Waals surface area (Å²) >= 11 is 17.7. The van der Waals surface area contributed by atoms with Crippen LogP contribution < -0.4 is 10.5 Å². The van der Waals surface area contributed by atoms with Crippen molar-refractivity contribution in [3.05, 3.63) is 51.1 Å². The summed E-state index contributed by atoms with van der Waals surface area (Å²) in [6.45, 7) is 0.253. The number of aromatic nitrogens is 1. The van der Waals surface area contributed by atoms with E-state index in [0.29, 0.717) is 32.3 Å². The zero-order chi connectivity index (χ0) is 13.1. The molecule has 0 radical (unpaired) electrons. The molecule has 3 nitrogen and oxygen atoms in total. The number of nitrogens with zero attached hydrogens (tertiary/aromatic N) is 1.